The summed E-state index contributed by atoms with van der Waals surface area (Å²) in [6.45, 7) is 7.34. The normalized spacial score (nSPS) is 10.8. The van der Waals surface area contributed by atoms with Crippen LogP contribution in [0.5, 0.6) is 5.75 Å². The molecule has 1 N–H and O–H groups in total. The molecule has 1 rings (SSSR count). The Morgan fingerprint density at radius 1 is 1.18 bits per heavy atom. The number of benzene rings is 1. The van der Waals surface area contributed by atoms with Crippen molar-refractivity contribution in [3.05, 3.63) is 29.3 Å². The molecule has 0 spiro atoms. The monoisotopic (exact) mass is 255 g/mol. The zero-order valence-electron chi connectivity index (χ0n) is 10.7. The maximum atomic E-state index is 5.79. The Morgan fingerprint density at radius 2 is 1.88 bits per heavy atom. The van der Waals surface area contributed by atoms with Crippen molar-refractivity contribution < 1.29 is 4.74 Å². The second-order valence-electron chi connectivity index (χ2n) is 4.59. The van der Waals surface area contributed by atoms with Crippen molar-refractivity contribution in [1.82, 2.24) is 5.32 Å². The van der Waals surface area contributed by atoms with E-state index in [1.807, 2.05) is 24.3 Å². The number of ether oxygens (including phenoxy) is 1. The lowest BCUT2D eigenvalue weighted by molar-refractivity contribution is 0.307. The van der Waals surface area contributed by atoms with Crippen LogP contribution in [0.3, 0.4) is 0 Å². The highest BCUT2D eigenvalue weighted by molar-refractivity contribution is 6.30. The molecule has 1 aromatic carbocycles. The van der Waals surface area contributed by atoms with E-state index >= 15 is 0 Å². The maximum Gasteiger partial charge on any atom is 0.119 e. The van der Waals surface area contributed by atoms with Crippen LogP contribution in [0.4, 0.5) is 0 Å². The van der Waals surface area contributed by atoms with Gasteiger partial charge < -0.3 is 10.1 Å². The van der Waals surface area contributed by atoms with Crippen LogP contribution in [0.1, 0.15) is 26.7 Å². The lowest BCUT2D eigenvalue weighted by Gasteiger charge is -2.08. The van der Waals surface area contributed by atoms with Gasteiger partial charge in [-0.15, -0.1) is 0 Å². The third-order valence-corrected chi connectivity index (χ3v) is 2.73. The molecule has 96 valence electrons. The summed E-state index contributed by atoms with van der Waals surface area (Å²) in [5, 5.41) is 4.15. The predicted octanol–water partition coefficient (Wildman–Crippen LogP) is 3.74. The first-order valence-electron chi connectivity index (χ1n) is 6.27. The van der Waals surface area contributed by atoms with Gasteiger partial charge in [0.1, 0.15) is 5.75 Å². The molecule has 2 nitrogen and oxygen atoms in total. The van der Waals surface area contributed by atoms with Gasteiger partial charge >= 0.3 is 0 Å². The second-order valence-corrected chi connectivity index (χ2v) is 5.02. The minimum absolute atomic E-state index is 0.743. The number of hydrogen-bond donors (Lipinski definition) is 1. The largest absolute Gasteiger partial charge is 0.494 e. The molecular weight excluding hydrogens is 234 g/mol. The van der Waals surface area contributed by atoms with Crippen LogP contribution in [0.25, 0.3) is 0 Å². The van der Waals surface area contributed by atoms with Gasteiger partial charge in [-0.1, -0.05) is 25.4 Å². The zero-order chi connectivity index (χ0) is 12.5. The standard InChI is InChI=1S/C14H22ClNO/c1-12(2)8-10-16-9-3-11-17-14-6-4-13(15)5-7-14/h4-7,12,16H,3,8-11H2,1-2H3. The Kier molecular flexibility index (Phi) is 7.06. The maximum absolute atomic E-state index is 5.79. The van der Waals surface area contributed by atoms with Crippen LogP contribution in [0, 0.1) is 5.92 Å². The van der Waals surface area contributed by atoms with E-state index in [4.69, 9.17) is 16.3 Å². The molecule has 3 heteroatoms. The van der Waals surface area contributed by atoms with Crippen molar-refractivity contribution in [2.24, 2.45) is 5.92 Å². The first-order chi connectivity index (χ1) is 8.18. The van der Waals surface area contributed by atoms with E-state index in [-0.39, 0.29) is 0 Å². The molecule has 0 aliphatic carbocycles. The summed E-state index contributed by atoms with van der Waals surface area (Å²) in [7, 11) is 0. The van der Waals surface area contributed by atoms with E-state index in [1.165, 1.54) is 6.42 Å². The van der Waals surface area contributed by atoms with Crippen molar-refractivity contribution in [2.75, 3.05) is 19.7 Å². The van der Waals surface area contributed by atoms with Gasteiger partial charge in [0.05, 0.1) is 6.61 Å². The topological polar surface area (TPSA) is 21.3 Å². The number of hydrogen-bond acceptors (Lipinski definition) is 2. The molecule has 0 atom stereocenters. The van der Waals surface area contributed by atoms with Crippen molar-refractivity contribution in [2.45, 2.75) is 26.7 Å². The SMILES string of the molecule is CC(C)CCNCCCOc1ccc(Cl)cc1. The van der Waals surface area contributed by atoms with Crippen molar-refractivity contribution >= 4 is 11.6 Å². The third-order valence-electron chi connectivity index (χ3n) is 2.48. The summed E-state index contributed by atoms with van der Waals surface area (Å²) in [5.74, 6) is 1.66. The van der Waals surface area contributed by atoms with Crippen LogP contribution in [-0.4, -0.2) is 19.7 Å². The third kappa shape index (κ3) is 7.24. The first kappa shape index (κ1) is 14.3. The first-order valence-corrected chi connectivity index (χ1v) is 6.65. The molecule has 0 aliphatic heterocycles. The van der Waals surface area contributed by atoms with Gasteiger partial charge in [-0.3, -0.25) is 0 Å². The molecule has 0 amide bonds. The lowest BCUT2D eigenvalue weighted by atomic mass is 10.1. The summed E-state index contributed by atoms with van der Waals surface area (Å²) >= 11 is 5.79. The molecule has 0 radical (unpaired) electrons. The Balaban J connectivity index is 1.99. The molecule has 0 bridgehead atoms. The van der Waals surface area contributed by atoms with Gasteiger partial charge in [0.2, 0.25) is 0 Å². The van der Waals surface area contributed by atoms with E-state index in [1.54, 1.807) is 0 Å². The molecule has 0 saturated carbocycles. The molecule has 0 heterocycles. The highest BCUT2D eigenvalue weighted by Gasteiger charge is 1.95. The van der Waals surface area contributed by atoms with Crippen molar-refractivity contribution in [3.8, 4) is 5.75 Å². The summed E-state index contributed by atoms with van der Waals surface area (Å²) in [6.07, 6.45) is 2.26. The summed E-state index contributed by atoms with van der Waals surface area (Å²) in [4.78, 5) is 0. The molecule has 1 aromatic rings. The fourth-order valence-corrected chi connectivity index (χ4v) is 1.56. The molecule has 0 unspecified atom stereocenters. The lowest BCUT2D eigenvalue weighted by Crippen LogP contribution is -2.19. The fraction of sp³-hybridized carbons (Fsp3) is 0.571. The van der Waals surface area contributed by atoms with E-state index in [0.717, 1.165) is 42.8 Å². The molecule has 17 heavy (non-hydrogen) atoms. The summed E-state index contributed by atoms with van der Waals surface area (Å²) in [6, 6.07) is 7.48. The molecule has 0 saturated heterocycles. The summed E-state index contributed by atoms with van der Waals surface area (Å²) < 4.78 is 5.59. The van der Waals surface area contributed by atoms with Gasteiger partial charge in [0.15, 0.2) is 0 Å². The Bertz CT molecular complexity index is 298. The molecule has 0 fully saturated rings. The van der Waals surface area contributed by atoms with Gasteiger partial charge in [-0.05, 0) is 56.1 Å². The Labute approximate surface area is 109 Å². The Hall–Kier alpha value is -0.730. The minimum Gasteiger partial charge on any atom is -0.494 e. The Morgan fingerprint density at radius 3 is 2.53 bits per heavy atom. The average Bonchev–Trinajstić information content (AvgIpc) is 2.30. The van der Waals surface area contributed by atoms with Gasteiger partial charge in [-0.2, -0.15) is 0 Å². The molecule has 0 aliphatic rings. The van der Waals surface area contributed by atoms with Gasteiger partial charge in [0.25, 0.3) is 0 Å². The van der Waals surface area contributed by atoms with Gasteiger partial charge in [-0.25, -0.2) is 0 Å². The highest BCUT2D eigenvalue weighted by Crippen LogP contribution is 2.15. The van der Waals surface area contributed by atoms with Crippen LogP contribution < -0.4 is 10.1 Å². The van der Waals surface area contributed by atoms with Crippen LogP contribution in [0.2, 0.25) is 5.02 Å². The number of halogens is 1. The van der Waals surface area contributed by atoms with E-state index in [0.29, 0.717) is 0 Å². The van der Waals surface area contributed by atoms with Crippen molar-refractivity contribution in [3.63, 3.8) is 0 Å². The molecule has 0 aromatic heterocycles. The van der Waals surface area contributed by atoms with Crippen LogP contribution >= 0.6 is 11.6 Å². The smallest absolute Gasteiger partial charge is 0.119 e. The average molecular weight is 256 g/mol. The van der Waals surface area contributed by atoms with Crippen LogP contribution in [-0.2, 0) is 0 Å². The van der Waals surface area contributed by atoms with Crippen LogP contribution in [0.15, 0.2) is 24.3 Å². The molecular formula is C14H22ClNO. The predicted molar refractivity (Wildman–Crippen MR) is 73.9 cm³/mol. The number of nitrogens with one attached hydrogen (secondary N) is 1. The second kappa shape index (κ2) is 8.37. The van der Waals surface area contributed by atoms with E-state index in [2.05, 4.69) is 19.2 Å². The van der Waals surface area contributed by atoms with E-state index < -0.39 is 0 Å². The van der Waals surface area contributed by atoms with Gasteiger partial charge in [0, 0.05) is 5.02 Å². The van der Waals surface area contributed by atoms with Crippen molar-refractivity contribution in [1.29, 1.82) is 0 Å². The fourth-order valence-electron chi connectivity index (χ4n) is 1.43. The van der Waals surface area contributed by atoms with E-state index in [9.17, 15) is 0 Å². The minimum atomic E-state index is 0.743. The quantitative estimate of drug-likeness (QED) is 0.715. The zero-order valence-corrected chi connectivity index (χ0v) is 11.5. The summed E-state index contributed by atoms with van der Waals surface area (Å²) in [5.41, 5.74) is 0. The highest BCUT2D eigenvalue weighted by atomic mass is 35.5. The number of rotatable bonds is 8.